The maximum absolute atomic E-state index is 13.1. The summed E-state index contributed by atoms with van der Waals surface area (Å²) in [5.41, 5.74) is 1.65. The predicted molar refractivity (Wildman–Crippen MR) is 162 cm³/mol. The fourth-order valence-corrected chi connectivity index (χ4v) is 5.50. The molecule has 2 atom stereocenters. The number of carboxylic acids is 2. The second-order valence-electron chi connectivity index (χ2n) is 10.8. The van der Waals surface area contributed by atoms with Crippen molar-refractivity contribution < 1.29 is 51.0 Å². The summed E-state index contributed by atoms with van der Waals surface area (Å²) in [5, 5.41) is 21.2. The number of alkyl halides is 3. The van der Waals surface area contributed by atoms with E-state index in [-0.39, 0.29) is 24.9 Å². The zero-order valence-electron chi connectivity index (χ0n) is 25.2. The third kappa shape index (κ3) is 12.0. The molecule has 14 nitrogen and oxygen atoms in total. The van der Waals surface area contributed by atoms with E-state index in [1.807, 2.05) is 52.3 Å². The lowest BCUT2D eigenvalue weighted by atomic mass is 10.0. The Labute approximate surface area is 268 Å². The number of nitrogens with zero attached hydrogens (tertiary/aromatic N) is 3. The van der Waals surface area contributed by atoms with Crippen LogP contribution in [0.3, 0.4) is 0 Å². The lowest BCUT2D eigenvalue weighted by molar-refractivity contribution is -0.192. The fraction of sp³-hybridized carbons (Fsp3) is 0.414. The molecule has 5 N–H and O–H groups in total. The Morgan fingerprint density at radius 1 is 1.13 bits per heavy atom. The molecule has 4 rings (SSSR count). The number of aromatic amines is 1. The maximum atomic E-state index is 13.1. The van der Waals surface area contributed by atoms with Crippen molar-refractivity contribution in [2.75, 3.05) is 32.4 Å². The number of carbonyl (C=O) groups is 4. The molecule has 1 unspecified atom stereocenters. The summed E-state index contributed by atoms with van der Waals surface area (Å²) < 4.78 is 56.8. The molecule has 0 radical (unpaired) electrons. The third-order valence-electron chi connectivity index (χ3n) is 7.12. The number of amides is 2. The summed E-state index contributed by atoms with van der Waals surface area (Å²) in [6.45, 7) is 0.805. The van der Waals surface area contributed by atoms with E-state index in [2.05, 4.69) is 20.0 Å². The van der Waals surface area contributed by atoms with Crippen molar-refractivity contribution in [3.63, 3.8) is 0 Å². The summed E-state index contributed by atoms with van der Waals surface area (Å²) in [4.78, 5) is 57.5. The Hall–Kier alpha value is -4.55. The Kier molecular flexibility index (Phi) is 12.8. The van der Waals surface area contributed by atoms with Gasteiger partial charge < -0.3 is 25.4 Å². The highest BCUT2D eigenvalue weighted by atomic mass is 32.2. The van der Waals surface area contributed by atoms with Gasteiger partial charge in [-0.25, -0.2) is 27.7 Å². The number of sulfonamides is 1. The lowest BCUT2D eigenvalue weighted by Crippen LogP contribution is -2.52. The minimum absolute atomic E-state index is 0.0399. The molecule has 2 heterocycles. The van der Waals surface area contributed by atoms with Gasteiger partial charge in [0.25, 0.3) is 0 Å². The van der Waals surface area contributed by atoms with Crippen LogP contribution >= 0.6 is 0 Å². The number of aromatic nitrogens is 2. The van der Waals surface area contributed by atoms with E-state index in [0.717, 1.165) is 35.4 Å². The van der Waals surface area contributed by atoms with Crippen LogP contribution in [0.5, 0.6) is 0 Å². The Balaban J connectivity index is 0.000000771. The monoisotopic (exact) mass is 684 g/mol. The number of rotatable bonds is 13. The van der Waals surface area contributed by atoms with Gasteiger partial charge in [0, 0.05) is 38.4 Å². The number of likely N-dealkylation sites (tertiary alicyclic amines) is 1. The molecule has 0 spiro atoms. The third-order valence-corrected chi connectivity index (χ3v) is 7.81. The number of H-pyrrole nitrogens is 1. The summed E-state index contributed by atoms with van der Waals surface area (Å²) in [5.74, 6) is -4.71. The molecule has 47 heavy (non-hydrogen) atoms. The van der Waals surface area contributed by atoms with Crippen LogP contribution < -0.4 is 10.0 Å². The Morgan fingerprint density at radius 3 is 2.43 bits per heavy atom. The van der Waals surface area contributed by atoms with Gasteiger partial charge in [0.15, 0.2) is 0 Å². The van der Waals surface area contributed by atoms with Crippen LogP contribution in [0.1, 0.15) is 24.1 Å². The number of halogens is 3. The number of imidazole rings is 1. The number of aliphatic carboxylic acids is 2. The van der Waals surface area contributed by atoms with E-state index < -0.39 is 46.6 Å². The summed E-state index contributed by atoms with van der Waals surface area (Å²) >= 11 is 0. The SMILES string of the molecule is CS(=O)(=O)NC[C@H](NC(=O)CN(Cc1cccc2ccccc12)CC1CCCN1C(=O)Cc1c[nH]cn1)C(=O)O.O=C(O)C(F)(F)F. The number of nitrogens with one attached hydrogen (secondary N) is 3. The van der Waals surface area contributed by atoms with Gasteiger partial charge in [0.1, 0.15) is 6.04 Å². The standard InChI is InChI=1S/C27H34N6O6S.C2HF3O2/c1-40(38,39)30-14-24(27(36)37)31-25(34)17-32(15-20-8-4-7-19-6-2-3-10-23(19)20)16-22-9-5-11-33(22)26(35)12-21-13-28-18-29-21;3-2(4,5)1(6)7/h2-4,6-8,10,13,18,22,24,30H,5,9,11-12,14-17H2,1H3,(H,28,29)(H,31,34)(H,36,37);(H,6,7)/t22?,24-;/m0./s1. The molecular weight excluding hydrogens is 649 g/mol. The van der Waals surface area contributed by atoms with E-state index in [1.165, 1.54) is 6.33 Å². The predicted octanol–water partition coefficient (Wildman–Crippen LogP) is 1.35. The van der Waals surface area contributed by atoms with E-state index in [1.54, 1.807) is 6.20 Å². The molecule has 1 saturated heterocycles. The first-order valence-corrected chi connectivity index (χ1v) is 16.2. The molecule has 2 aromatic carbocycles. The minimum atomic E-state index is -5.08. The van der Waals surface area contributed by atoms with E-state index in [0.29, 0.717) is 25.3 Å². The maximum Gasteiger partial charge on any atom is 0.490 e. The number of carboxylic acid groups (broad SMARTS) is 2. The summed E-state index contributed by atoms with van der Waals surface area (Å²) in [7, 11) is -3.64. The van der Waals surface area contributed by atoms with Crippen LogP contribution in [0.25, 0.3) is 10.8 Å². The molecule has 18 heteroatoms. The van der Waals surface area contributed by atoms with Gasteiger partial charge in [0.2, 0.25) is 21.8 Å². The Bertz CT molecular complexity index is 1650. The van der Waals surface area contributed by atoms with E-state index in [9.17, 15) is 41.1 Å². The summed E-state index contributed by atoms with van der Waals surface area (Å²) in [6, 6.07) is 12.3. The van der Waals surface area contributed by atoms with Gasteiger partial charge in [-0.1, -0.05) is 42.5 Å². The largest absolute Gasteiger partial charge is 0.490 e. The highest BCUT2D eigenvalue weighted by molar-refractivity contribution is 7.88. The number of carbonyl (C=O) groups excluding carboxylic acids is 2. The quantitative estimate of drug-likeness (QED) is 0.175. The normalized spacial score (nSPS) is 15.6. The number of hydrogen-bond acceptors (Lipinski definition) is 8. The van der Waals surface area contributed by atoms with Crippen molar-refractivity contribution in [3.05, 3.63) is 66.2 Å². The highest BCUT2D eigenvalue weighted by Gasteiger charge is 2.38. The highest BCUT2D eigenvalue weighted by Crippen LogP contribution is 2.23. The first-order valence-electron chi connectivity index (χ1n) is 14.3. The van der Waals surface area contributed by atoms with Crippen LogP contribution in [-0.4, -0.2) is 113 Å². The molecule has 1 aliphatic rings. The van der Waals surface area contributed by atoms with Crippen molar-refractivity contribution in [1.29, 1.82) is 0 Å². The molecule has 1 fully saturated rings. The Morgan fingerprint density at radius 2 is 1.81 bits per heavy atom. The van der Waals surface area contributed by atoms with Gasteiger partial charge in [-0.15, -0.1) is 0 Å². The minimum Gasteiger partial charge on any atom is -0.480 e. The second-order valence-corrected chi connectivity index (χ2v) is 12.6. The van der Waals surface area contributed by atoms with E-state index >= 15 is 0 Å². The number of fused-ring (bicyclic) bond motifs is 1. The second kappa shape index (κ2) is 16.3. The van der Waals surface area contributed by atoms with E-state index in [4.69, 9.17) is 9.90 Å². The molecule has 2 amide bonds. The fourth-order valence-electron chi connectivity index (χ4n) is 5.03. The molecule has 0 bridgehead atoms. The first kappa shape index (κ1) is 36.9. The number of hydrogen-bond donors (Lipinski definition) is 5. The van der Waals surface area contributed by atoms with Gasteiger partial charge in [-0.3, -0.25) is 14.5 Å². The molecule has 1 aromatic heterocycles. The van der Waals surface area contributed by atoms with Gasteiger partial charge in [-0.05, 0) is 29.2 Å². The van der Waals surface area contributed by atoms with Crippen molar-refractivity contribution in [2.24, 2.45) is 0 Å². The van der Waals surface area contributed by atoms with Crippen molar-refractivity contribution in [1.82, 2.24) is 29.8 Å². The zero-order chi connectivity index (χ0) is 34.8. The van der Waals surface area contributed by atoms with Crippen molar-refractivity contribution >= 4 is 44.5 Å². The average molecular weight is 685 g/mol. The first-order chi connectivity index (χ1) is 22.0. The van der Waals surface area contributed by atoms with Gasteiger partial charge in [-0.2, -0.15) is 13.2 Å². The molecule has 0 aliphatic carbocycles. The topological polar surface area (TPSA) is 202 Å². The van der Waals surface area contributed by atoms with Crippen molar-refractivity contribution in [2.45, 2.75) is 44.1 Å². The van der Waals surface area contributed by atoms with Crippen LogP contribution in [-0.2, 0) is 42.2 Å². The van der Waals surface area contributed by atoms with Crippen LogP contribution in [0.4, 0.5) is 13.2 Å². The van der Waals surface area contributed by atoms with Crippen LogP contribution in [0.15, 0.2) is 55.0 Å². The lowest BCUT2D eigenvalue weighted by Gasteiger charge is -2.31. The average Bonchev–Trinajstić information content (AvgIpc) is 3.67. The zero-order valence-corrected chi connectivity index (χ0v) is 26.1. The smallest absolute Gasteiger partial charge is 0.480 e. The molecule has 1 aliphatic heterocycles. The molecule has 256 valence electrons. The van der Waals surface area contributed by atoms with Crippen LogP contribution in [0.2, 0.25) is 0 Å². The van der Waals surface area contributed by atoms with Crippen molar-refractivity contribution in [3.8, 4) is 0 Å². The van der Waals surface area contributed by atoms with Gasteiger partial charge in [0.05, 0.1) is 31.2 Å². The summed E-state index contributed by atoms with van der Waals surface area (Å²) in [6.07, 6.45) is 0.847. The van der Waals surface area contributed by atoms with Gasteiger partial charge >= 0.3 is 18.1 Å². The molecular formula is C29H35F3N6O8S. The molecule has 3 aromatic rings. The number of benzene rings is 2. The molecule has 0 saturated carbocycles. The van der Waals surface area contributed by atoms with Crippen LogP contribution in [0, 0.1) is 0 Å².